The second-order valence-corrected chi connectivity index (χ2v) is 7.55. The molecule has 2 fully saturated rings. The first kappa shape index (κ1) is 17.2. The number of epoxide rings is 1. The van der Waals surface area contributed by atoms with E-state index in [0.29, 0.717) is 11.8 Å². The van der Waals surface area contributed by atoms with E-state index < -0.39 is 0 Å². The van der Waals surface area contributed by atoms with Crippen LogP contribution in [0, 0.1) is 17.8 Å². The van der Waals surface area contributed by atoms with Crippen LogP contribution >= 0.6 is 0 Å². The Morgan fingerprint density at radius 1 is 1.10 bits per heavy atom. The quantitative estimate of drug-likeness (QED) is 0.500. The van der Waals surface area contributed by atoms with Gasteiger partial charge in [0, 0.05) is 20.1 Å². The normalized spacial score (nSPS) is 37.1. The molecular weight excluding hydrogens is 264 g/mol. The predicted octanol–water partition coefficient (Wildman–Crippen LogP) is 4.05. The monoisotopic (exact) mass is 298 g/mol. The van der Waals surface area contributed by atoms with E-state index in [2.05, 4.69) is 20.8 Å². The van der Waals surface area contributed by atoms with Crippen LogP contribution in [0.15, 0.2) is 0 Å². The Bertz CT molecular complexity index is 312. The number of hydrogen-bond donors (Lipinski definition) is 0. The molecule has 21 heavy (non-hydrogen) atoms. The molecule has 1 aliphatic carbocycles. The van der Waals surface area contributed by atoms with E-state index in [1.807, 2.05) is 14.2 Å². The smallest absolute Gasteiger partial charge is 0.0973 e. The second kappa shape index (κ2) is 7.43. The van der Waals surface area contributed by atoms with E-state index >= 15 is 0 Å². The summed E-state index contributed by atoms with van der Waals surface area (Å²) in [6.07, 6.45) is 7.89. The minimum atomic E-state index is 0.104. The zero-order valence-corrected chi connectivity index (χ0v) is 14.6. The van der Waals surface area contributed by atoms with E-state index in [-0.39, 0.29) is 17.8 Å². The summed E-state index contributed by atoms with van der Waals surface area (Å²) >= 11 is 0. The Labute approximate surface area is 130 Å². The summed E-state index contributed by atoms with van der Waals surface area (Å²) in [6, 6.07) is 0. The van der Waals surface area contributed by atoms with E-state index in [1.54, 1.807) is 0 Å². The van der Waals surface area contributed by atoms with Crippen LogP contribution in [-0.2, 0) is 14.2 Å². The van der Waals surface area contributed by atoms with E-state index in [9.17, 15) is 0 Å². The number of methoxy groups -OCH3 is 2. The van der Waals surface area contributed by atoms with Gasteiger partial charge in [-0.1, -0.05) is 46.5 Å². The lowest BCUT2D eigenvalue weighted by Gasteiger charge is -2.43. The predicted molar refractivity (Wildman–Crippen MR) is 85.5 cm³/mol. The van der Waals surface area contributed by atoms with Crippen molar-refractivity contribution in [3.63, 3.8) is 0 Å². The van der Waals surface area contributed by atoms with Gasteiger partial charge in [-0.25, -0.2) is 0 Å². The van der Waals surface area contributed by atoms with Gasteiger partial charge in [-0.3, -0.25) is 0 Å². The van der Waals surface area contributed by atoms with E-state index in [0.717, 1.165) is 25.4 Å². The summed E-state index contributed by atoms with van der Waals surface area (Å²) in [4.78, 5) is 0. The minimum Gasteiger partial charge on any atom is -0.379 e. The molecule has 0 aromatic rings. The molecule has 1 saturated carbocycles. The van der Waals surface area contributed by atoms with Gasteiger partial charge in [0.1, 0.15) is 0 Å². The summed E-state index contributed by atoms with van der Waals surface area (Å²) in [6.45, 7) is 7.92. The standard InChI is InChI=1S/C18H34O3/c1-13(2)8-6-7-9-14(3)16-17(20-5)15(19-4)10-11-18(16)12-21-18/h13-17H,6-12H2,1-5H3/t14?,15?,16?,17?,18-/m0/s1. The molecule has 1 aliphatic heterocycles. The SMILES string of the molecule is COC1CC[C@]2(CO2)C(C(C)CCCCC(C)C)C1OC. The highest BCUT2D eigenvalue weighted by Gasteiger charge is 2.59. The first-order valence-corrected chi connectivity index (χ1v) is 8.73. The first-order valence-electron chi connectivity index (χ1n) is 8.73. The van der Waals surface area contributed by atoms with Gasteiger partial charge in [-0.2, -0.15) is 0 Å². The van der Waals surface area contributed by atoms with Crippen LogP contribution in [0.25, 0.3) is 0 Å². The summed E-state index contributed by atoms with van der Waals surface area (Å²) in [7, 11) is 3.64. The van der Waals surface area contributed by atoms with Gasteiger partial charge in [-0.15, -0.1) is 0 Å². The highest BCUT2D eigenvalue weighted by atomic mass is 16.6. The molecular formula is C18H34O3. The summed E-state index contributed by atoms with van der Waals surface area (Å²) in [5.41, 5.74) is 0.104. The number of rotatable bonds is 8. The maximum atomic E-state index is 5.90. The van der Waals surface area contributed by atoms with Crippen molar-refractivity contribution < 1.29 is 14.2 Å². The fourth-order valence-electron chi connectivity index (χ4n) is 4.27. The highest BCUT2D eigenvalue weighted by molar-refractivity contribution is 5.08. The molecule has 0 aromatic heterocycles. The maximum absolute atomic E-state index is 5.90. The lowest BCUT2D eigenvalue weighted by atomic mass is 9.68. The molecule has 3 nitrogen and oxygen atoms in total. The molecule has 0 radical (unpaired) electrons. The third-order valence-corrected chi connectivity index (χ3v) is 5.57. The van der Waals surface area contributed by atoms with Crippen molar-refractivity contribution in [2.45, 2.75) is 77.1 Å². The first-order chi connectivity index (χ1) is 10.0. The molecule has 2 aliphatic rings. The molecule has 1 heterocycles. The lowest BCUT2D eigenvalue weighted by molar-refractivity contribution is -0.124. The number of hydrogen-bond acceptors (Lipinski definition) is 3. The van der Waals surface area contributed by atoms with Gasteiger partial charge in [0.25, 0.3) is 0 Å². The van der Waals surface area contributed by atoms with E-state index in [4.69, 9.17) is 14.2 Å². The van der Waals surface area contributed by atoms with Crippen molar-refractivity contribution in [3.05, 3.63) is 0 Å². The maximum Gasteiger partial charge on any atom is 0.0973 e. The molecule has 4 unspecified atom stereocenters. The van der Waals surface area contributed by atoms with Crippen molar-refractivity contribution >= 4 is 0 Å². The van der Waals surface area contributed by atoms with Gasteiger partial charge >= 0.3 is 0 Å². The van der Waals surface area contributed by atoms with Gasteiger partial charge in [0.15, 0.2) is 0 Å². The average molecular weight is 298 g/mol. The van der Waals surface area contributed by atoms with Crippen LogP contribution in [0.2, 0.25) is 0 Å². The molecule has 1 saturated heterocycles. The minimum absolute atomic E-state index is 0.104. The number of ether oxygens (including phenoxy) is 3. The van der Waals surface area contributed by atoms with E-state index in [1.165, 1.54) is 25.7 Å². The zero-order chi connectivity index (χ0) is 15.5. The van der Waals surface area contributed by atoms with Gasteiger partial charge in [0.2, 0.25) is 0 Å². The van der Waals surface area contributed by atoms with Crippen LogP contribution in [-0.4, -0.2) is 38.6 Å². The molecule has 0 bridgehead atoms. The Hall–Kier alpha value is -0.120. The van der Waals surface area contributed by atoms with Crippen molar-refractivity contribution in [1.82, 2.24) is 0 Å². The fourth-order valence-corrected chi connectivity index (χ4v) is 4.27. The molecule has 1 spiro atoms. The largest absolute Gasteiger partial charge is 0.379 e. The summed E-state index contributed by atoms with van der Waals surface area (Å²) < 4.78 is 17.4. The van der Waals surface area contributed by atoms with Gasteiger partial charge in [0.05, 0.1) is 24.4 Å². The third kappa shape index (κ3) is 4.00. The molecule has 2 rings (SSSR count). The molecule has 5 atom stereocenters. The van der Waals surface area contributed by atoms with Crippen LogP contribution < -0.4 is 0 Å². The summed E-state index contributed by atoms with van der Waals surface area (Å²) in [5, 5.41) is 0. The third-order valence-electron chi connectivity index (χ3n) is 5.57. The van der Waals surface area contributed by atoms with Crippen molar-refractivity contribution in [2.75, 3.05) is 20.8 Å². The van der Waals surface area contributed by atoms with Crippen LogP contribution in [0.3, 0.4) is 0 Å². The molecule has 124 valence electrons. The van der Waals surface area contributed by atoms with Gasteiger partial charge < -0.3 is 14.2 Å². The Kier molecular flexibility index (Phi) is 6.10. The second-order valence-electron chi connectivity index (χ2n) is 7.55. The van der Waals surface area contributed by atoms with Crippen molar-refractivity contribution in [2.24, 2.45) is 17.8 Å². The zero-order valence-electron chi connectivity index (χ0n) is 14.6. The Morgan fingerprint density at radius 2 is 1.76 bits per heavy atom. The fraction of sp³-hybridized carbons (Fsp3) is 1.00. The topological polar surface area (TPSA) is 31.0 Å². The molecule has 0 N–H and O–H groups in total. The van der Waals surface area contributed by atoms with Crippen LogP contribution in [0.4, 0.5) is 0 Å². The van der Waals surface area contributed by atoms with Crippen LogP contribution in [0.1, 0.15) is 59.3 Å². The Morgan fingerprint density at radius 3 is 2.29 bits per heavy atom. The highest BCUT2D eigenvalue weighted by Crippen LogP contribution is 2.51. The van der Waals surface area contributed by atoms with Gasteiger partial charge in [-0.05, 0) is 24.7 Å². The average Bonchev–Trinajstić information content (AvgIpc) is 3.22. The van der Waals surface area contributed by atoms with Crippen molar-refractivity contribution in [3.8, 4) is 0 Å². The number of unbranched alkanes of at least 4 members (excludes halogenated alkanes) is 1. The van der Waals surface area contributed by atoms with Crippen LogP contribution in [0.5, 0.6) is 0 Å². The molecule has 0 aromatic carbocycles. The summed E-state index contributed by atoms with van der Waals surface area (Å²) in [5.74, 6) is 1.94. The molecule has 3 heteroatoms. The lowest BCUT2D eigenvalue weighted by Crippen LogP contribution is -2.51. The van der Waals surface area contributed by atoms with Crippen molar-refractivity contribution in [1.29, 1.82) is 0 Å². The Balaban J connectivity index is 1.93. The molecule has 0 amide bonds.